The summed E-state index contributed by atoms with van der Waals surface area (Å²) in [5, 5.41) is 16.1. The van der Waals surface area contributed by atoms with Crippen molar-refractivity contribution in [2.24, 2.45) is 5.92 Å². The normalized spacial score (nSPS) is 12.7. The second kappa shape index (κ2) is 7.09. The summed E-state index contributed by atoms with van der Waals surface area (Å²) in [5.74, 6) is -1.46. The zero-order chi connectivity index (χ0) is 18.8. The molecular formula is C19H25N3O3. The van der Waals surface area contributed by atoms with Gasteiger partial charge in [0.15, 0.2) is 0 Å². The highest BCUT2D eigenvalue weighted by molar-refractivity contribution is 6.04. The highest BCUT2D eigenvalue weighted by Gasteiger charge is 2.21. The van der Waals surface area contributed by atoms with Crippen molar-refractivity contribution < 1.29 is 14.7 Å². The number of rotatable bonds is 5. The lowest BCUT2D eigenvalue weighted by Gasteiger charge is -2.21. The Bertz CT molecular complexity index is 770. The van der Waals surface area contributed by atoms with Crippen LogP contribution in [0.25, 0.3) is 0 Å². The van der Waals surface area contributed by atoms with Crippen LogP contribution in [-0.4, -0.2) is 26.8 Å². The van der Waals surface area contributed by atoms with E-state index in [1.165, 1.54) is 0 Å². The van der Waals surface area contributed by atoms with Gasteiger partial charge in [0.1, 0.15) is 0 Å². The summed E-state index contributed by atoms with van der Waals surface area (Å²) in [5.41, 5.74) is 2.75. The second-order valence-electron chi connectivity index (χ2n) is 7.32. The lowest BCUT2D eigenvalue weighted by Crippen LogP contribution is -2.25. The van der Waals surface area contributed by atoms with Crippen LogP contribution < -0.4 is 5.32 Å². The van der Waals surface area contributed by atoms with Crippen molar-refractivity contribution in [1.29, 1.82) is 0 Å². The third-order valence-electron chi connectivity index (χ3n) is 4.07. The predicted molar refractivity (Wildman–Crippen MR) is 96.9 cm³/mol. The van der Waals surface area contributed by atoms with E-state index in [1.54, 1.807) is 25.3 Å². The van der Waals surface area contributed by atoms with Crippen LogP contribution in [0.2, 0.25) is 0 Å². The molecule has 0 aliphatic rings. The third-order valence-corrected chi connectivity index (χ3v) is 4.07. The largest absolute Gasteiger partial charge is 0.481 e. The van der Waals surface area contributed by atoms with Gasteiger partial charge in [0.2, 0.25) is 0 Å². The lowest BCUT2D eigenvalue weighted by molar-refractivity contribution is -0.141. The molecule has 6 nitrogen and oxygen atoms in total. The molecule has 0 saturated carbocycles. The Morgan fingerprint density at radius 2 is 1.84 bits per heavy atom. The molecule has 1 heterocycles. The lowest BCUT2D eigenvalue weighted by atomic mass is 10.0. The molecule has 0 fully saturated rings. The maximum Gasteiger partial charge on any atom is 0.306 e. The minimum absolute atomic E-state index is 0.189. The van der Waals surface area contributed by atoms with Gasteiger partial charge in [0.25, 0.3) is 5.91 Å². The van der Waals surface area contributed by atoms with Crippen molar-refractivity contribution in [3.8, 4) is 0 Å². The van der Waals surface area contributed by atoms with Gasteiger partial charge in [-0.25, -0.2) is 0 Å². The highest BCUT2D eigenvalue weighted by Crippen LogP contribution is 2.20. The molecule has 1 unspecified atom stereocenters. The first-order valence-corrected chi connectivity index (χ1v) is 8.28. The van der Waals surface area contributed by atoms with E-state index in [0.717, 1.165) is 11.3 Å². The molecule has 2 rings (SSSR count). The molecule has 0 bridgehead atoms. The fourth-order valence-electron chi connectivity index (χ4n) is 2.67. The molecule has 0 spiro atoms. The third kappa shape index (κ3) is 4.47. The number of nitrogens with zero attached hydrogens (tertiary/aromatic N) is 2. The summed E-state index contributed by atoms with van der Waals surface area (Å²) in [6.45, 7) is 9.65. The number of nitrogens with one attached hydrogen (secondary N) is 1. The highest BCUT2D eigenvalue weighted by atomic mass is 16.4. The summed E-state index contributed by atoms with van der Waals surface area (Å²) >= 11 is 0. The number of aromatic nitrogens is 2. The molecule has 0 aliphatic heterocycles. The van der Waals surface area contributed by atoms with Crippen molar-refractivity contribution >= 4 is 17.6 Å². The Kier molecular flexibility index (Phi) is 5.30. The molecule has 134 valence electrons. The van der Waals surface area contributed by atoms with Crippen LogP contribution in [0.4, 0.5) is 5.69 Å². The number of carboxylic acid groups (broad SMARTS) is 1. The van der Waals surface area contributed by atoms with E-state index in [-0.39, 0.29) is 11.4 Å². The van der Waals surface area contributed by atoms with Crippen LogP contribution in [0, 0.1) is 12.8 Å². The van der Waals surface area contributed by atoms with Crippen LogP contribution in [0.1, 0.15) is 49.3 Å². The van der Waals surface area contributed by atoms with Gasteiger partial charge in [0.05, 0.1) is 23.2 Å². The fourth-order valence-corrected chi connectivity index (χ4v) is 2.67. The molecule has 6 heteroatoms. The smallest absolute Gasteiger partial charge is 0.306 e. The molecule has 1 aromatic carbocycles. The van der Waals surface area contributed by atoms with Gasteiger partial charge in [-0.15, -0.1) is 0 Å². The SMILES string of the molecule is Cc1c(C(=O)Nc2ccc(CC(C)C(=O)O)cc2)cnn1C(C)(C)C. The van der Waals surface area contributed by atoms with E-state index in [0.29, 0.717) is 17.7 Å². The first-order valence-electron chi connectivity index (χ1n) is 8.28. The van der Waals surface area contributed by atoms with Gasteiger partial charge in [-0.1, -0.05) is 19.1 Å². The quantitative estimate of drug-likeness (QED) is 0.871. The molecule has 0 aliphatic carbocycles. The molecule has 2 N–H and O–H groups in total. The standard InChI is InChI=1S/C19H25N3O3/c1-12(18(24)25)10-14-6-8-15(9-7-14)21-17(23)16-11-20-22(13(16)2)19(3,4)5/h6-9,11-12H,10H2,1-5H3,(H,21,23)(H,24,25). The monoisotopic (exact) mass is 343 g/mol. The van der Waals surface area contributed by atoms with Crippen molar-refractivity contribution in [1.82, 2.24) is 9.78 Å². The Balaban J connectivity index is 2.09. The summed E-state index contributed by atoms with van der Waals surface area (Å²) in [4.78, 5) is 23.4. The molecule has 0 radical (unpaired) electrons. The van der Waals surface area contributed by atoms with E-state index >= 15 is 0 Å². The molecule has 1 aromatic heterocycles. The van der Waals surface area contributed by atoms with Crippen LogP contribution in [0.3, 0.4) is 0 Å². The molecule has 25 heavy (non-hydrogen) atoms. The number of carbonyl (C=O) groups excluding carboxylic acids is 1. The molecular weight excluding hydrogens is 318 g/mol. The van der Waals surface area contributed by atoms with E-state index < -0.39 is 11.9 Å². The molecule has 1 atom stereocenters. The number of hydrogen-bond donors (Lipinski definition) is 2. The van der Waals surface area contributed by atoms with Crippen LogP contribution >= 0.6 is 0 Å². The van der Waals surface area contributed by atoms with Crippen LogP contribution in [0.5, 0.6) is 0 Å². The van der Waals surface area contributed by atoms with Gasteiger partial charge < -0.3 is 10.4 Å². The van der Waals surface area contributed by atoms with Gasteiger partial charge in [-0.2, -0.15) is 5.10 Å². The Hall–Kier alpha value is -2.63. The van der Waals surface area contributed by atoms with Crippen molar-refractivity contribution in [2.45, 2.75) is 46.6 Å². The number of amides is 1. The van der Waals surface area contributed by atoms with E-state index in [4.69, 9.17) is 5.11 Å². The van der Waals surface area contributed by atoms with Crippen LogP contribution in [-0.2, 0) is 16.8 Å². The van der Waals surface area contributed by atoms with Crippen molar-refractivity contribution in [3.05, 3.63) is 47.3 Å². The molecule has 2 aromatic rings. The maximum absolute atomic E-state index is 12.5. The summed E-state index contributed by atoms with van der Waals surface area (Å²) in [6, 6.07) is 7.23. The maximum atomic E-state index is 12.5. The van der Waals surface area contributed by atoms with Gasteiger partial charge >= 0.3 is 5.97 Å². The van der Waals surface area contributed by atoms with E-state index in [9.17, 15) is 9.59 Å². The Labute approximate surface area is 147 Å². The Morgan fingerprint density at radius 3 is 2.32 bits per heavy atom. The molecule has 1 amide bonds. The zero-order valence-corrected chi connectivity index (χ0v) is 15.3. The summed E-state index contributed by atoms with van der Waals surface area (Å²) in [6.07, 6.45) is 2.04. The topological polar surface area (TPSA) is 84.2 Å². The predicted octanol–water partition coefficient (Wildman–Crippen LogP) is 3.46. The average Bonchev–Trinajstić information content (AvgIpc) is 2.91. The number of hydrogen-bond acceptors (Lipinski definition) is 3. The number of anilines is 1. The van der Waals surface area contributed by atoms with Gasteiger partial charge in [0, 0.05) is 11.4 Å². The summed E-state index contributed by atoms with van der Waals surface area (Å²) in [7, 11) is 0. The number of carbonyl (C=O) groups is 2. The minimum atomic E-state index is -0.816. The molecule has 0 saturated heterocycles. The van der Waals surface area contributed by atoms with Gasteiger partial charge in [-0.05, 0) is 51.8 Å². The number of aliphatic carboxylic acids is 1. The van der Waals surface area contributed by atoms with E-state index in [2.05, 4.69) is 10.4 Å². The zero-order valence-electron chi connectivity index (χ0n) is 15.3. The number of benzene rings is 1. The fraction of sp³-hybridized carbons (Fsp3) is 0.421. The minimum Gasteiger partial charge on any atom is -0.481 e. The van der Waals surface area contributed by atoms with Gasteiger partial charge in [-0.3, -0.25) is 14.3 Å². The second-order valence-corrected chi connectivity index (χ2v) is 7.32. The Morgan fingerprint density at radius 1 is 1.24 bits per heavy atom. The first-order chi connectivity index (χ1) is 11.6. The van der Waals surface area contributed by atoms with Crippen molar-refractivity contribution in [2.75, 3.05) is 5.32 Å². The average molecular weight is 343 g/mol. The summed E-state index contributed by atoms with van der Waals surface area (Å²) < 4.78 is 1.83. The van der Waals surface area contributed by atoms with Crippen molar-refractivity contribution in [3.63, 3.8) is 0 Å². The number of carboxylic acids is 1. The van der Waals surface area contributed by atoms with E-state index in [1.807, 2.05) is 44.5 Å². The first kappa shape index (κ1) is 18.7. The van der Waals surface area contributed by atoms with Crippen LogP contribution in [0.15, 0.2) is 30.5 Å².